The maximum Gasteiger partial charge on any atom is 0.0228 e. The minimum atomic E-state index is -0.0296. The van der Waals surface area contributed by atoms with Crippen molar-refractivity contribution in [3.63, 3.8) is 0 Å². The van der Waals surface area contributed by atoms with Crippen molar-refractivity contribution in [2.75, 3.05) is 0 Å². The molecule has 1 nitrogen and oxygen atoms in total. The van der Waals surface area contributed by atoms with Gasteiger partial charge in [-0.1, -0.05) is 51.8 Å². The van der Waals surface area contributed by atoms with Gasteiger partial charge in [0, 0.05) is 5.54 Å². The molecule has 1 aliphatic carbocycles. The molecule has 1 fully saturated rings. The summed E-state index contributed by atoms with van der Waals surface area (Å²) in [5.41, 5.74) is 11.3. The fourth-order valence-electron chi connectivity index (χ4n) is 4.06. The van der Waals surface area contributed by atoms with E-state index in [1.807, 2.05) is 0 Å². The Bertz CT molecular complexity index is 469. The first kappa shape index (κ1) is 15.6. The van der Waals surface area contributed by atoms with Gasteiger partial charge < -0.3 is 5.73 Å². The van der Waals surface area contributed by atoms with E-state index < -0.39 is 0 Å². The second kappa shape index (κ2) is 5.52. The van der Waals surface area contributed by atoms with Crippen LogP contribution >= 0.6 is 0 Å². The second-order valence-electron chi connectivity index (χ2n) is 7.99. The van der Waals surface area contributed by atoms with Gasteiger partial charge >= 0.3 is 0 Å². The summed E-state index contributed by atoms with van der Waals surface area (Å²) < 4.78 is 0. The lowest BCUT2D eigenvalue weighted by atomic mass is 9.61. The van der Waals surface area contributed by atoms with Gasteiger partial charge in [0.15, 0.2) is 0 Å². The van der Waals surface area contributed by atoms with Crippen molar-refractivity contribution in [3.8, 4) is 0 Å². The van der Waals surface area contributed by atoms with Crippen molar-refractivity contribution >= 4 is 0 Å². The first-order chi connectivity index (χ1) is 9.22. The Kier molecular flexibility index (Phi) is 4.30. The lowest BCUT2D eigenvalue weighted by Crippen LogP contribution is -2.55. The number of aryl methyl sites for hydroxylation is 2. The summed E-state index contributed by atoms with van der Waals surface area (Å²) in [6.07, 6.45) is 6.10. The molecule has 20 heavy (non-hydrogen) atoms. The van der Waals surface area contributed by atoms with E-state index >= 15 is 0 Å². The average molecular weight is 273 g/mol. The number of hydrogen-bond donors (Lipinski definition) is 1. The molecule has 1 aliphatic rings. The van der Waals surface area contributed by atoms with Crippen molar-refractivity contribution in [3.05, 3.63) is 34.9 Å². The third-order valence-corrected chi connectivity index (χ3v) is 5.23. The SMILES string of the molecule is Cc1ccc(CC2(N)CCCCC2C(C)(C)C)cc1C. The molecule has 2 N–H and O–H groups in total. The molecule has 1 aromatic carbocycles. The predicted molar refractivity (Wildman–Crippen MR) is 88.0 cm³/mol. The Morgan fingerprint density at radius 1 is 1.15 bits per heavy atom. The maximum atomic E-state index is 6.91. The lowest BCUT2D eigenvalue weighted by molar-refractivity contribution is 0.0793. The number of benzene rings is 1. The minimum Gasteiger partial charge on any atom is -0.325 e. The molecule has 0 spiro atoms. The Morgan fingerprint density at radius 2 is 1.85 bits per heavy atom. The highest BCUT2D eigenvalue weighted by Crippen LogP contribution is 2.44. The van der Waals surface area contributed by atoms with Crippen LogP contribution in [0.15, 0.2) is 18.2 Å². The molecule has 0 radical (unpaired) electrons. The zero-order valence-corrected chi connectivity index (χ0v) is 13.9. The van der Waals surface area contributed by atoms with E-state index in [1.54, 1.807) is 0 Å². The molecule has 112 valence electrons. The standard InChI is InChI=1S/C19H31N/c1-14-9-10-16(12-15(14)2)13-19(20)11-7-6-8-17(19)18(3,4)5/h9-10,12,17H,6-8,11,13,20H2,1-5H3. The quantitative estimate of drug-likeness (QED) is 0.824. The highest BCUT2D eigenvalue weighted by molar-refractivity contribution is 5.31. The van der Waals surface area contributed by atoms with Crippen LogP contribution < -0.4 is 5.73 Å². The van der Waals surface area contributed by atoms with Crippen molar-refractivity contribution < 1.29 is 0 Å². The average Bonchev–Trinajstić information content (AvgIpc) is 2.32. The van der Waals surface area contributed by atoms with E-state index in [-0.39, 0.29) is 5.54 Å². The zero-order valence-electron chi connectivity index (χ0n) is 13.9. The molecule has 1 aromatic rings. The molecule has 0 amide bonds. The van der Waals surface area contributed by atoms with Crippen molar-refractivity contribution in [2.45, 2.75) is 72.3 Å². The van der Waals surface area contributed by atoms with Crippen molar-refractivity contribution in [2.24, 2.45) is 17.1 Å². The molecule has 0 saturated heterocycles. The number of hydrogen-bond acceptors (Lipinski definition) is 1. The van der Waals surface area contributed by atoms with Crippen LogP contribution in [0.4, 0.5) is 0 Å². The molecule has 0 heterocycles. The topological polar surface area (TPSA) is 26.0 Å². The molecule has 1 heteroatoms. The Labute approximate surface area is 125 Å². The van der Waals surface area contributed by atoms with Crippen LogP contribution in [0.3, 0.4) is 0 Å². The molecule has 0 aromatic heterocycles. The van der Waals surface area contributed by atoms with Crippen LogP contribution in [0, 0.1) is 25.2 Å². The molecule has 0 bridgehead atoms. The van der Waals surface area contributed by atoms with E-state index in [1.165, 1.54) is 42.4 Å². The van der Waals surface area contributed by atoms with Crippen LogP contribution in [0.2, 0.25) is 0 Å². The van der Waals surface area contributed by atoms with Gasteiger partial charge in [0.05, 0.1) is 0 Å². The van der Waals surface area contributed by atoms with E-state index in [0.29, 0.717) is 11.3 Å². The fourth-order valence-corrected chi connectivity index (χ4v) is 4.06. The highest BCUT2D eigenvalue weighted by Gasteiger charge is 2.43. The lowest BCUT2D eigenvalue weighted by Gasteiger charge is -2.48. The van der Waals surface area contributed by atoms with Gasteiger partial charge in [-0.05, 0) is 61.1 Å². The van der Waals surface area contributed by atoms with Gasteiger partial charge in [0.2, 0.25) is 0 Å². The summed E-state index contributed by atoms with van der Waals surface area (Å²) >= 11 is 0. The fraction of sp³-hybridized carbons (Fsp3) is 0.684. The summed E-state index contributed by atoms with van der Waals surface area (Å²) in [5, 5.41) is 0. The number of nitrogens with two attached hydrogens (primary N) is 1. The Balaban J connectivity index is 2.25. The molecule has 2 unspecified atom stereocenters. The molecule has 2 rings (SSSR count). The Hall–Kier alpha value is -0.820. The molecule has 2 atom stereocenters. The van der Waals surface area contributed by atoms with Gasteiger partial charge in [0.1, 0.15) is 0 Å². The summed E-state index contributed by atoms with van der Waals surface area (Å²) in [4.78, 5) is 0. The molecular weight excluding hydrogens is 242 g/mol. The number of rotatable bonds is 2. The van der Waals surface area contributed by atoms with Crippen LogP contribution in [0.1, 0.15) is 63.1 Å². The van der Waals surface area contributed by atoms with E-state index in [9.17, 15) is 0 Å². The van der Waals surface area contributed by atoms with Gasteiger partial charge in [-0.15, -0.1) is 0 Å². The second-order valence-corrected chi connectivity index (χ2v) is 7.99. The highest BCUT2D eigenvalue weighted by atomic mass is 14.8. The largest absolute Gasteiger partial charge is 0.325 e. The minimum absolute atomic E-state index is 0.0296. The third kappa shape index (κ3) is 3.25. The van der Waals surface area contributed by atoms with E-state index in [2.05, 4.69) is 52.8 Å². The predicted octanol–water partition coefficient (Wildman–Crippen LogP) is 4.78. The monoisotopic (exact) mass is 273 g/mol. The van der Waals surface area contributed by atoms with Crippen LogP contribution in [0.25, 0.3) is 0 Å². The first-order valence-electron chi connectivity index (χ1n) is 8.07. The smallest absolute Gasteiger partial charge is 0.0228 e. The molecule has 1 saturated carbocycles. The van der Waals surface area contributed by atoms with Gasteiger partial charge in [-0.2, -0.15) is 0 Å². The normalized spacial score (nSPS) is 27.6. The van der Waals surface area contributed by atoms with Crippen LogP contribution in [-0.4, -0.2) is 5.54 Å². The molecule has 0 aliphatic heterocycles. The van der Waals surface area contributed by atoms with Crippen LogP contribution in [0.5, 0.6) is 0 Å². The summed E-state index contributed by atoms with van der Waals surface area (Å²) in [6.45, 7) is 11.4. The third-order valence-electron chi connectivity index (χ3n) is 5.23. The maximum absolute atomic E-state index is 6.91. The summed E-state index contributed by atoms with van der Waals surface area (Å²) in [5.74, 6) is 0.616. The van der Waals surface area contributed by atoms with E-state index in [4.69, 9.17) is 5.73 Å². The zero-order chi connectivity index (χ0) is 15.0. The van der Waals surface area contributed by atoms with E-state index in [0.717, 1.165) is 6.42 Å². The van der Waals surface area contributed by atoms with Crippen molar-refractivity contribution in [1.82, 2.24) is 0 Å². The summed E-state index contributed by atoms with van der Waals surface area (Å²) in [7, 11) is 0. The van der Waals surface area contributed by atoms with Gasteiger partial charge in [-0.25, -0.2) is 0 Å². The van der Waals surface area contributed by atoms with Crippen molar-refractivity contribution in [1.29, 1.82) is 0 Å². The van der Waals surface area contributed by atoms with Crippen LogP contribution in [-0.2, 0) is 6.42 Å². The molecular formula is C19H31N. The van der Waals surface area contributed by atoms with Gasteiger partial charge in [0.25, 0.3) is 0 Å². The van der Waals surface area contributed by atoms with Gasteiger partial charge in [-0.3, -0.25) is 0 Å². The Morgan fingerprint density at radius 3 is 2.45 bits per heavy atom. The first-order valence-corrected chi connectivity index (χ1v) is 8.07. The summed E-state index contributed by atoms with van der Waals surface area (Å²) in [6, 6.07) is 6.84.